The molecule has 0 saturated carbocycles. The van der Waals surface area contributed by atoms with E-state index < -0.39 is 0 Å². The number of nitrogens with one attached hydrogen (secondary N) is 1. The summed E-state index contributed by atoms with van der Waals surface area (Å²) < 4.78 is 11.4. The minimum Gasteiger partial charge on any atom is -0.497 e. The molecule has 3 N–H and O–H groups in total. The van der Waals surface area contributed by atoms with Gasteiger partial charge in [-0.05, 0) is 54.6 Å². The second-order valence-corrected chi connectivity index (χ2v) is 8.96. The number of carbonyl (C=O) groups is 1. The number of anilines is 2. The summed E-state index contributed by atoms with van der Waals surface area (Å²) >= 11 is 2.64. The molecule has 0 aliphatic rings. The third-order valence-electron chi connectivity index (χ3n) is 5.00. The number of rotatable bonds is 5. The van der Waals surface area contributed by atoms with Crippen LogP contribution in [-0.2, 0) is 0 Å². The van der Waals surface area contributed by atoms with Gasteiger partial charge >= 0.3 is 0 Å². The number of fused-ring (bicyclic) bond motifs is 2. The van der Waals surface area contributed by atoms with E-state index in [9.17, 15) is 4.79 Å². The zero-order chi connectivity index (χ0) is 22.2. The summed E-state index contributed by atoms with van der Waals surface area (Å²) in [4.78, 5) is 23.3. The summed E-state index contributed by atoms with van der Waals surface area (Å²) in [5, 5.41) is 4.12. The summed E-state index contributed by atoms with van der Waals surface area (Å²) in [6.45, 7) is 0. The van der Waals surface area contributed by atoms with Gasteiger partial charge in [0.15, 0.2) is 5.13 Å². The number of amides is 1. The van der Waals surface area contributed by atoms with Crippen LogP contribution in [0.5, 0.6) is 11.5 Å². The molecule has 2 aromatic carbocycles. The third kappa shape index (κ3) is 3.61. The number of methoxy groups -OCH3 is 2. The van der Waals surface area contributed by atoms with Crippen molar-refractivity contribution in [3.63, 3.8) is 0 Å². The van der Waals surface area contributed by atoms with Gasteiger partial charge in [-0.3, -0.25) is 10.1 Å². The lowest BCUT2D eigenvalue weighted by Crippen LogP contribution is -2.11. The Morgan fingerprint density at radius 2 is 1.69 bits per heavy atom. The minimum absolute atomic E-state index is 0.303. The maximum absolute atomic E-state index is 12.9. The quantitative estimate of drug-likeness (QED) is 0.362. The highest BCUT2D eigenvalue weighted by Crippen LogP contribution is 2.36. The van der Waals surface area contributed by atoms with Gasteiger partial charge in [-0.15, -0.1) is 11.3 Å². The van der Waals surface area contributed by atoms with Crippen LogP contribution in [0.2, 0.25) is 0 Å². The number of aromatic nitrogens is 2. The number of nitrogens with zero attached hydrogens (tertiary/aromatic N) is 2. The lowest BCUT2D eigenvalue weighted by atomic mass is 10.1. The predicted molar refractivity (Wildman–Crippen MR) is 130 cm³/mol. The Hall–Kier alpha value is -3.69. The lowest BCUT2D eigenvalue weighted by Gasteiger charge is -2.03. The molecular weight excluding hydrogens is 444 g/mol. The van der Waals surface area contributed by atoms with Crippen molar-refractivity contribution >= 4 is 59.8 Å². The van der Waals surface area contributed by atoms with E-state index in [0.717, 1.165) is 38.4 Å². The number of nitrogen functional groups attached to an aromatic ring is 1. The number of ether oxygens (including phenoxy) is 2. The van der Waals surface area contributed by atoms with Crippen molar-refractivity contribution in [3.05, 3.63) is 59.5 Å². The highest BCUT2D eigenvalue weighted by Gasteiger charge is 2.19. The van der Waals surface area contributed by atoms with Crippen LogP contribution in [0.4, 0.5) is 10.8 Å². The number of benzene rings is 2. The van der Waals surface area contributed by atoms with Gasteiger partial charge in [-0.2, -0.15) is 0 Å². The minimum atomic E-state index is -0.303. The Bertz CT molecular complexity index is 1460. The zero-order valence-corrected chi connectivity index (χ0v) is 18.8. The first-order chi connectivity index (χ1) is 15.6. The standard InChI is InChI=1S/C23H18N4O3S2/c1-29-13-5-3-12(4-6-13)16-10-8-15-19(24)20(32-22(15)25-16)21(28)27-23-26-17-9-7-14(30-2)11-18(17)31-23/h3-11H,24H2,1-2H3,(H,26,27,28). The van der Waals surface area contributed by atoms with Crippen LogP contribution in [0, 0.1) is 0 Å². The van der Waals surface area contributed by atoms with Crippen LogP contribution in [0.1, 0.15) is 9.67 Å². The van der Waals surface area contributed by atoms with Gasteiger partial charge in [0.2, 0.25) is 0 Å². The summed E-state index contributed by atoms with van der Waals surface area (Å²) in [6.07, 6.45) is 0. The summed E-state index contributed by atoms with van der Waals surface area (Å²) in [5.74, 6) is 1.22. The van der Waals surface area contributed by atoms with Crippen LogP contribution in [-0.4, -0.2) is 30.1 Å². The number of thiophene rings is 1. The molecule has 160 valence electrons. The lowest BCUT2D eigenvalue weighted by molar-refractivity contribution is 0.103. The maximum atomic E-state index is 12.9. The molecule has 0 bridgehead atoms. The van der Waals surface area contributed by atoms with Crippen molar-refractivity contribution in [2.75, 3.05) is 25.3 Å². The summed E-state index contributed by atoms with van der Waals surface area (Å²) in [7, 11) is 3.24. The fourth-order valence-corrected chi connectivity index (χ4v) is 5.21. The maximum Gasteiger partial charge on any atom is 0.269 e. The van der Waals surface area contributed by atoms with Gasteiger partial charge in [0.05, 0.1) is 35.8 Å². The second kappa shape index (κ2) is 8.10. The molecule has 1 amide bonds. The average molecular weight is 463 g/mol. The first-order valence-corrected chi connectivity index (χ1v) is 11.3. The van der Waals surface area contributed by atoms with Crippen LogP contribution in [0.25, 0.3) is 31.7 Å². The van der Waals surface area contributed by atoms with E-state index in [1.54, 1.807) is 14.2 Å². The molecule has 3 aromatic heterocycles. The van der Waals surface area contributed by atoms with E-state index in [4.69, 9.17) is 20.2 Å². The summed E-state index contributed by atoms with van der Waals surface area (Å²) in [5.41, 5.74) is 9.26. The van der Waals surface area contributed by atoms with Crippen molar-refractivity contribution in [3.8, 4) is 22.8 Å². The van der Waals surface area contributed by atoms with Crippen LogP contribution < -0.4 is 20.5 Å². The molecule has 5 aromatic rings. The first-order valence-electron chi connectivity index (χ1n) is 9.65. The molecule has 0 aliphatic heterocycles. The van der Waals surface area contributed by atoms with Gasteiger partial charge in [0.1, 0.15) is 21.2 Å². The number of nitrogens with two attached hydrogens (primary N) is 1. The van der Waals surface area contributed by atoms with Crippen molar-refractivity contribution in [2.24, 2.45) is 0 Å². The van der Waals surface area contributed by atoms with E-state index in [2.05, 4.69) is 10.3 Å². The van der Waals surface area contributed by atoms with Crippen molar-refractivity contribution < 1.29 is 14.3 Å². The number of hydrogen-bond acceptors (Lipinski definition) is 8. The van der Waals surface area contributed by atoms with Gasteiger partial charge in [0, 0.05) is 10.9 Å². The van der Waals surface area contributed by atoms with E-state index in [1.807, 2.05) is 54.6 Å². The van der Waals surface area contributed by atoms with Gasteiger partial charge in [-0.25, -0.2) is 9.97 Å². The molecule has 0 radical (unpaired) electrons. The van der Waals surface area contributed by atoms with Crippen molar-refractivity contribution in [1.29, 1.82) is 0 Å². The molecule has 0 aliphatic carbocycles. The number of thiazole rings is 1. The molecule has 0 saturated heterocycles. The number of hydrogen-bond donors (Lipinski definition) is 2. The molecular formula is C23H18N4O3S2. The molecule has 3 heterocycles. The van der Waals surface area contributed by atoms with Crippen LogP contribution in [0.15, 0.2) is 54.6 Å². The molecule has 0 unspecified atom stereocenters. The van der Waals surface area contributed by atoms with Gasteiger partial charge in [-0.1, -0.05) is 11.3 Å². The van der Waals surface area contributed by atoms with Crippen molar-refractivity contribution in [2.45, 2.75) is 0 Å². The molecule has 0 spiro atoms. The SMILES string of the molecule is COc1ccc(-c2ccc3c(N)c(C(=O)Nc4nc5ccc(OC)cc5s4)sc3n2)cc1. The molecule has 0 fully saturated rings. The van der Waals surface area contributed by atoms with Gasteiger partial charge < -0.3 is 15.2 Å². The van der Waals surface area contributed by atoms with Gasteiger partial charge in [0.25, 0.3) is 5.91 Å². The van der Waals surface area contributed by atoms with E-state index in [1.165, 1.54) is 22.7 Å². The Morgan fingerprint density at radius 1 is 0.938 bits per heavy atom. The Labute approximate surface area is 191 Å². The monoisotopic (exact) mass is 462 g/mol. The fraction of sp³-hybridized carbons (Fsp3) is 0.0870. The largest absolute Gasteiger partial charge is 0.497 e. The molecule has 7 nitrogen and oxygen atoms in total. The number of carbonyl (C=O) groups excluding carboxylic acids is 1. The average Bonchev–Trinajstić information content (AvgIpc) is 3.38. The fourth-order valence-electron chi connectivity index (χ4n) is 3.33. The van der Waals surface area contributed by atoms with Crippen molar-refractivity contribution in [1.82, 2.24) is 9.97 Å². The first kappa shape index (κ1) is 20.2. The zero-order valence-electron chi connectivity index (χ0n) is 17.2. The molecule has 32 heavy (non-hydrogen) atoms. The molecule has 5 rings (SSSR count). The van der Waals surface area contributed by atoms with Crippen LogP contribution in [0.3, 0.4) is 0 Å². The van der Waals surface area contributed by atoms with E-state index >= 15 is 0 Å². The second-order valence-electron chi connectivity index (χ2n) is 6.93. The van der Waals surface area contributed by atoms with E-state index in [0.29, 0.717) is 20.5 Å². The summed E-state index contributed by atoms with van der Waals surface area (Å²) in [6, 6.07) is 17.0. The molecule has 9 heteroatoms. The highest BCUT2D eigenvalue weighted by atomic mass is 32.1. The van der Waals surface area contributed by atoms with E-state index in [-0.39, 0.29) is 5.91 Å². The Kier molecular flexibility index (Phi) is 5.12. The van der Waals surface area contributed by atoms with Crippen LogP contribution >= 0.6 is 22.7 Å². The predicted octanol–water partition coefficient (Wildman–Crippen LogP) is 5.42. The third-order valence-corrected chi connectivity index (χ3v) is 7.05. The smallest absolute Gasteiger partial charge is 0.269 e. The number of pyridine rings is 1. The molecule has 0 atom stereocenters. The Morgan fingerprint density at radius 3 is 2.44 bits per heavy atom. The normalized spacial score (nSPS) is 11.1. The topological polar surface area (TPSA) is 99.4 Å². The highest BCUT2D eigenvalue weighted by molar-refractivity contribution is 7.23. The Balaban J connectivity index is 1.44.